The predicted octanol–water partition coefficient (Wildman–Crippen LogP) is 1.24. The average molecular weight is 433 g/mol. The number of hydrogen-bond donors (Lipinski definition) is 1. The zero-order valence-electron chi connectivity index (χ0n) is 16.0. The van der Waals surface area contributed by atoms with Crippen molar-refractivity contribution in [2.45, 2.75) is 32.0 Å². The molecule has 3 aliphatic rings. The fourth-order valence-corrected chi connectivity index (χ4v) is 4.77. The number of halogens is 3. The number of amides is 1. The van der Waals surface area contributed by atoms with Gasteiger partial charge in [-0.2, -0.15) is 18.2 Å². The van der Waals surface area contributed by atoms with Gasteiger partial charge >= 0.3 is 6.18 Å². The molecular formula is C17H22F3N5O3S. The predicted molar refractivity (Wildman–Crippen MR) is 98.7 cm³/mol. The maximum atomic E-state index is 13.3. The summed E-state index contributed by atoms with van der Waals surface area (Å²) in [5, 5.41) is 0. The summed E-state index contributed by atoms with van der Waals surface area (Å²) in [5.41, 5.74) is -0.957. The van der Waals surface area contributed by atoms with Crippen molar-refractivity contribution in [1.29, 1.82) is 0 Å². The van der Waals surface area contributed by atoms with Gasteiger partial charge in [0, 0.05) is 38.2 Å². The molecule has 2 aliphatic heterocycles. The Hall–Kier alpha value is -2.11. The molecule has 0 bridgehead atoms. The van der Waals surface area contributed by atoms with Gasteiger partial charge in [0.25, 0.3) is 0 Å². The quantitative estimate of drug-likeness (QED) is 0.747. The van der Waals surface area contributed by atoms with Crippen LogP contribution in [-0.2, 0) is 21.0 Å². The molecule has 2 saturated heterocycles. The maximum absolute atomic E-state index is 13.3. The van der Waals surface area contributed by atoms with Gasteiger partial charge in [-0.15, -0.1) is 0 Å². The summed E-state index contributed by atoms with van der Waals surface area (Å²) in [7, 11) is -3.59. The summed E-state index contributed by atoms with van der Waals surface area (Å²) >= 11 is 0. The Morgan fingerprint density at radius 1 is 1.28 bits per heavy atom. The minimum absolute atomic E-state index is 0.0480. The summed E-state index contributed by atoms with van der Waals surface area (Å²) in [6, 6.07) is 1.08. The van der Waals surface area contributed by atoms with E-state index in [2.05, 4.69) is 9.97 Å². The molecule has 1 aromatic heterocycles. The fraction of sp³-hybridized carbons (Fsp3) is 0.706. The molecule has 0 spiro atoms. The number of nitrogens with one attached hydrogen (secondary N) is 1. The normalized spacial score (nSPS) is 28.7. The molecule has 1 aliphatic carbocycles. The first-order chi connectivity index (χ1) is 13.4. The van der Waals surface area contributed by atoms with Crippen LogP contribution in [0.15, 0.2) is 6.07 Å². The van der Waals surface area contributed by atoms with E-state index in [0.29, 0.717) is 19.6 Å². The third kappa shape index (κ3) is 4.12. The van der Waals surface area contributed by atoms with Gasteiger partial charge in [-0.05, 0) is 31.1 Å². The molecular weight excluding hydrogens is 411 g/mol. The van der Waals surface area contributed by atoms with Crippen LogP contribution in [0.4, 0.5) is 24.9 Å². The van der Waals surface area contributed by atoms with Crippen LogP contribution in [-0.4, -0.2) is 56.2 Å². The average Bonchev–Trinajstić information content (AvgIpc) is 3.01. The Labute approximate surface area is 166 Å². The van der Waals surface area contributed by atoms with E-state index in [1.54, 1.807) is 9.80 Å². The molecule has 3 heterocycles. The van der Waals surface area contributed by atoms with Crippen LogP contribution in [0, 0.1) is 17.8 Å². The first kappa shape index (κ1) is 20.2. The zero-order valence-corrected chi connectivity index (χ0v) is 16.8. The van der Waals surface area contributed by atoms with Crippen molar-refractivity contribution in [2.24, 2.45) is 17.8 Å². The molecule has 4 atom stereocenters. The van der Waals surface area contributed by atoms with Crippen LogP contribution >= 0.6 is 0 Å². The van der Waals surface area contributed by atoms with Gasteiger partial charge in [-0.3, -0.25) is 9.52 Å². The van der Waals surface area contributed by atoms with Crippen LogP contribution in [0.5, 0.6) is 0 Å². The molecule has 4 rings (SSSR count). The number of hydrogen-bond acceptors (Lipinski definition) is 7. The Kier molecular flexibility index (Phi) is 4.67. The monoisotopic (exact) mass is 433 g/mol. The second kappa shape index (κ2) is 6.71. The fourth-order valence-electron chi connectivity index (χ4n) is 4.27. The van der Waals surface area contributed by atoms with E-state index in [1.807, 2.05) is 11.6 Å². The number of nitrogens with zero attached hydrogens (tertiary/aromatic N) is 4. The Bertz CT molecular complexity index is 927. The highest BCUT2D eigenvalue weighted by molar-refractivity contribution is 7.89. The smallest absolute Gasteiger partial charge is 0.356 e. The number of aromatic nitrogens is 2. The molecule has 160 valence electrons. The molecule has 1 N–H and O–H groups in total. The maximum Gasteiger partial charge on any atom is 0.433 e. The number of carbonyl (C=O) groups excluding carboxylic acids is 1. The summed E-state index contributed by atoms with van der Waals surface area (Å²) < 4.78 is 64.2. The van der Waals surface area contributed by atoms with Crippen LogP contribution < -0.4 is 14.5 Å². The van der Waals surface area contributed by atoms with Crippen LogP contribution in [0.2, 0.25) is 0 Å². The van der Waals surface area contributed by atoms with Crippen LogP contribution in [0.3, 0.4) is 0 Å². The lowest BCUT2D eigenvalue weighted by Gasteiger charge is -2.39. The molecule has 1 saturated carbocycles. The van der Waals surface area contributed by atoms with Gasteiger partial charge in [0.05, 0.1) is 6.26 Å². The van der Waals surface area contributed by atoms with E-state index < -0.39 is 27.8 Å². The molecule has 3 fully saturated rings. The lowest BCUT2D eigenvalue weighted by Crippen LogP contribution is -2.47. The van der Waals surface area contributed by atoms with Crippen molar-refractivity contribution >= 4 is 27.7 Å². The summed E-state index contributed by atoms with van der Waals surface area (Å²) in [5.74, 6) is 0.138. The van der Waals surface area contributed by atoms with Gasteiger partial charge in [-0.25, -0.2) is 13.4 Å². The molecule has 1 aromatic rings. The summed E-state index contributed by atoms with van der Waals surface area (Å²) in [4.78, 5) is 23.4. The van der Waals surface area contributed by atoms with E-state index in [0.717, 1.165) is 18.7 Å². The zero-order chi connectivity index (χ0) is 21.1. The van der Waals surface area contributed by atoms with Gasteiger partial charge < -0.3 is 9.80 Å². The third-order valence-electron chi connectivity index (χ3n) is 5.98. The number of carbonyl (C=O) groups is 1. The highest BCUT2D eigenvalue weighted by Gasteiger charge is 2.56. The van der Waals surface area contributed by atoms with Crippen molar-refractivity contribution in [2.75, 3.05) is 35.7 Å². The second-order valence-electron chi connectivity index (χ2n) is 8.14. The topological polar surface area (TPSA) is 95.5 Å². The Morgan fingerprint density at radius 2 is 1.93 bits per heavy atom. The van der Waals surface area contributed by atoms with Crippen molar-refractivity contribution in [1.82, 2.24) is 14.7 Å². The largest absolute Gasteiger partial charge is 0.433 e. The van der Waals surface area contributed by atoms with Crippen molar-refractivity contribution < 1.29 is 26.4 Å². The summed E-state index contributed by atoms with van der Waals surface area (Å²) in [6.07, 6.45) is -2.65. The SMILES string of the molecule is C[C@H]1CCN1c1nc(N2C[C@@H]3[C@H](CC(=O)NS(C)(=O)=O)[C@@H]3C2)cc(C(F)(F)F)n1. The number of piperidine rings is 1. The highest BCUT2D eigenvalue weighted by Crippen LogP contribution is 2.54. The van der Waals surface area contributed by atoms with E-state index >= 15 is 0 Å². The minimum Gasteiger partial charge on any atom is -0.356 e. The Morgan fingerprint density at radius 3 is 2.41 bits per heavy atom. The third-order valence-corrected chi connectivity index (χ3v) is 6.58. The number of anilines is 2. The van der Waals surface area contributed by atoms with Crippen LogP contribution in [0.25, 0.3) is 0 Å². The molecule has 1 amide bonds. The van der Waals surface area contributed by atoms with Crippen molar-refractivity contribution in [3.8, 4) is 0 Å². The number of alkyl halides is 3. The standard InChI is InChI=1S/C17H22F3N5O3S/c1-9-3-4-25(9)16-21-13(17(18,19)20)6-14(22-16)24-7-11-10(12(11)8-24)5-15(26)23-29(2,27)28/h6,9-12H,3-5,7-8H2,1-2H3,(H,23,26)/t9-,10-,11+,12-/m0/s1. The first-order valence-corrected chi connectivity index (χ1v) is 11.3. The van der Waals surface area contributed by atoms with Gasteiger partial charge in [0.1, 0.15) is 5.82 Å². The van der Waals surface area contributed by atoms with Crippen molar-refractivity contribution in [3.05, 3.63) is 11.8 Å². The van der Waals surface area contributed by atoms with E-state index in [-0.39, 0.29) is 42.0 Å². The molecule has 12 heteroatoms. The van der Waals surface area contributed by atoms with E-state index in [1.165, 1.54) is 0 Å². The van der Waals surface area contributed by atoms with Gasteiger partial charge in [0.15, 0.2) is 5.69 Å². The summed E-state index contributed by atoms with van der Waals surface area (Å²) in [6.45, 7) is 3.53. The highest BCUT2D eigenvalue weighted by atomic mass is 32.2. The van der Waals surface area contributed by atoms with Crippen molar-refractivity contribution in [3.63, 3.8) is 0 Å². The number of sulfonamides is 1. The Balaban J connectivity index is 1.45. The minimum atomic E-state index is -4.56. The molecule has 0 unspecified atom stereocenters. The molecule has 8 nitrogen and oxygen atoms in total. The molecule has 0 radical (unpaired) electrons. The first-order valence-electron chi connectivity index (χ1n) is 9.41. The van der Waals surface area contributed by atoms with E-state index in [4.69, 9.17) is 0 Å². The lowest BCUT2D eigenvalue weighted by atomic mass is 10.1. The second-order valence-corrected chi connectivity index (χ2v) is 9.89. The van der Waals surface area contributed by atoms with E-state index in [9.17, 15) is 26.4 Å². The molecule has 29 heavy (non-hydrogen) atoms. The van der Waals surface area contributed by atoms with Crippen LogP contribution in [0.1, 0.15) is 25.5 Å². The van der Waals surface area contributed by atoms with Gasteiger partial charge in [-0.1, -0.05) is 0 Å². The molecule has 0 aromatic carbocycles. The van der Waals surface area contributed by atoms with Gasteiger partial charge in [0.2, 0.25) is 21.9 Å². The number of fused-ring (bicyclic) bond motifs is 1. The lowest BCUT2D eigenvalue weighted by molar-refractivity contribution is -0.141. The number of rotatable bonds is 5.